The minimum Gasteiger partial charge on any atom is -0.480 e. The Morgan fingerprint density at radius 2 is 1.84 bits per heavy atom. The van der Waals surface area contributed by atoms with Crippen molar-refractivity contribution in [3.8, 4) is 0 Å². The number of hydrogen-bond acceptors (Lipinski definition) is 3. The van der Waals surface area contributed by atoms with Crippen molar-refractivity contribution in [2.24, 2.45) is 17.8 Å². The first kappa shape index (κ1) is 16.0. The highest BCUT2D eigenvalue weighted by molar-refractivity contribution is 5.84. The van der Waals surface area contributed by atoms with Crippen molar-refractivity contribution < 1.29 is 19.4 Å². The lowest BCUT2D eigenvalue weighted by Gasteiger charge is -2.28. The van der Waals surface area contributed by atoms with Crippen molar-refractivity contribution >= 4 is 11.9 Å². The van der Waals surface area contributed by atoms with Crippen LogP contribution in [0.2, 0.25) is 0 Å². The van der Waals surface area contributed by atoms with Gasteiger partial charge in [0, 0.05) is 19.1 Å². The van der Waals surface area contributed by atoms with Gasteiger partial charge < -0.3 is 15.2 Å². The lowest BCUT2D eigenvalue weighted by atomic mass is 9.86. The van der Waals surface area contributed by atoms with Crippen LogP contribution in [-0.2, 0) is 14.3 Å². The quantitative estimate of drug-likeness (QED) is 0.770. The Morgan fingerprint density at radius 3 is 2.32 bits per heavy atom. The van der Waals surface area contributed by atoms with E-state index in [1.807, 2.05) is 20.8 Å². The average molecular weight is 271 g/mol. The molecule has 5 heteroatoms. The molecule has 0 bridgehead atoms. The molecule has 1 aliphatic rings. The molecule has 0 radical (unpaired) electrons. The lowest BCUT2D eigenvalue weighted by molar-refractivity contribution is -0.143. The molecule has 1 aliphatic heterocycles. The average Bonchev–Trinajstić information content (AvgIpc) is 2.37. The summed E-state index contributed by atoms with van der Waals surface area (Å²) < 4.78 is 5.28. The van der Waals surface area contributed by atoms with Crippen molar-refractivity contribution in [1.29, 1.82) is 0 Å². The fraction of sp³-hybridized carbons (Fsp3) is 0.857. The highest BCUT2D eigenvalue weighted by atomic mass is 16.5. The first-order valence-corrected chi connectivity index (χ1v) is 7.02. The van der Waals surface area contributed by atoms with Crippen LogP contribution in [0.15, 0.2) is 0 Å². The van der Waals surface area contributed by atoms with Crippen LogP contribution in [0.4, 0.5) is 0 Å². The van der Waals surface area contributed by atoms with Crippen LogP contribution in [0.5, 0.6) is 0 Å². The molecule has 1 fully saturated rings. The largest absolute Gasteiger partial charge is 0.480 e. The normalized spacial score (nSPS) is 20.0. The second-order valence-electron chi connectivity index (χ2n) is 5.77. The summed E-state index contributed by atoms with van der Waals surface area (Å²) in [5, 5.41) is 11.8. The molecule has 1 saturated heterocycles. The summed E-state index contributed by atoms with van der Waals surface area (Å²) in [7, 11) is 0. The lowest BCUT2D eigenvalue weighted by Crippen LogP contribution is -2.45. The van der Waals surface area contributed by atoms with E-state index in [2.05, 4.69) is 5.32 Å². The van der Waals surface area contributed by atoms with Gasteiger partial charge in [-0.15, -0.1) is 0 Å². The minimum absolute atomic E-state index is 0.153. The smallest absolute Gasteiger partial charge is 0.326 e. The predicted octanol–water partition coefficient (Wildman–Crippen LogP) is 1.66. The fourth-order valence-corrected chi connectivity index (χ4v) is 2.43. The van der Waals surface area contributed by atoms with Crippen LogP contribution >= 0.6 is 0 Å². The summed E-state index contributed by atoms with van der Waals surface area (Å²) in [5.74, 6) is -0.735. The molecule has 0 saturated carbocycles. The number of ether oxygens (including phenoxy) is 1. The molecular weight excluding hydrogens is 246 g/mol. The number of carbonyl (C=O) groups excluding carboxylic acids is 1. The first-order chi connectivity index (χ1) is 8.91. The number of aliphatic carboxylic acids is 1. The fourth-order valence-electron chi connectivity index (χ4n) is 2.43. The molecule has 1 amide bonds. The van der Waals surface area contributed by atoms with Gasteiger partial charge in [0.15, 0.2) is 0 Å². The highest BCUT2D eigenvalue weighted by Gasteiger charge is 2.29. The number of hydrogen-bond donors (Lipinski definition) is 2. The van der Waals surface area contributed by atoms with Gasteiger partial charge in [0.2, 0.25) is 5.91 Å². The molecule has 0 aromatic heterocycles. The Labute approximate surface area is 114 Å². The van der Waals surface area contributed by atoms with Gasteiger partial charge >= 0.3 is 5.97 Å². The Bertz CT molecular complexity index is 311. The van der Waals surface area contributed by atoms with Crippen LogP contribution in [0.3, 0.4) is 0 Å². The van der Waals surface area contributed by atoms with Gasteiger partial charge in [-0.1, -0.05) is 20.8 Å². The SMILES string of the molecule is CC(C)C[C@H](NC(=O)C(C)C1CCOCC1)C(=O)O. The zero-order chi connectivity index (χ0) is 14.4. The van der Waals surface area contributed by atoms with Crippen LogP contribution in [0, 0.1) is 17.8 Å². The molecule has 1 unspecified atom stereocenters. The van der Waals surface area contributed by atoms with Gasteiger partial charge in [-0.05, 0) is 31.1 Å². The Morgan fingerprint density at radius 1 is 1.26 bits per heavy atom. The van der Waals surface area contributed by atoms with Crippen LogP contribution in [0.1, 0.15) is 40.0 Å². The number of carboxylic acid groups (broad SMARTS) is 1. The molecule has 0 aromatic carbocycles. The third kappa shape index (κ3) is 5.19. The topological polar surface area (TPSA) is 75.6 Å². The monoisotopic (exact) mass is 271 g/mol. The van der Waals surface area contributed by atoms with Crippen LogP contribution in [0.25, 0.3) is 0 Å². The Hall–Kier alpha value is -1.10. The summed E-state index contributed by atoms with van der Waals surface area (Å²) >= 11 is 0. The maximum atomic E-state index is 12.1. The molecular formula is C14H25NO4. The molecule has 0 spiro atoms. The number of carbonyl (C=O) groups is 2. The van der Waals surface area contributed by atoms with Crippen molar-refractivity contribution in [1.82, 2.24) is 5.32 Å². The summed E-state index contributed by atoms with van der Waals surface area (Å²) in [6.07, 6.45) is 2.20. The summed E-state index contributed by atoms with van der Waals surface area (Å²) in [6, 6.07) is -0.783. The Kier molecular flexibility index (Phi) is 6.28. The van der Waals surface area contributed by atoms with Crippen LogP contribution in [-0.4, -0.2) is 36.2 Å². The van der Waals surface area contributed by atoms with E-state index >= 15 is 0 Å². The van der Waals surface area contributed by atoms with E-state index in [4.69, 9.17) is 9.84 Å². The van der Waals surface area contributed by atoms with Crippen molar-refractivity contribution in [2.45, 2.75) is 46.1 Å². The van der Waals surface area contributed by atoms with Crippen LogP contribution < -0.4 is 5.32 Å². The second kappa shape index (κ2) is 7.48. The maximum Gasteiger partial charge on any atom is 0.326 e. The number of rotatable bonds is 6. The number of carboxylic acids is 1. The summed E-state index contributed by atoms with van der Waals surface area (Å²) in [6.45, 7) is 7.15. The van der Waals surface area contributed by atoms with Gasteiger partial charge in [-0.25, -0.2) is 4.79 Å². The summed E-state index contributed by atoms with van der Waals surface area (Å²) in [4.78, 5) is 23.3. The zero-order valence-corrected chi connectivity index (χ0v) is 12.0. The van der Waals surface area contributed by atoms with Crippen molar-refractivity contribution in [3.63, 3.8) is 0 Å². The van der Waals surface area contributed by atoms with E-state index in [0.29, 0.717) is 25.6 Å². The van der Waals surface area contributed by atoms with E-state index in [-0.39, 0.29) is 17.7 Å². The zero-order valence-electron chi connectivity index (χ0n) is 12.0. The van der Waals surface area contributed by atoms with E-state index in [1.54, 1.807) is 0 Å². The van der Waals surface area contributed by atoms with Gasteiger partial charge in [0.05, 0.1) is 0 Å². The highest BCUT2D eigenvalue weighted by Crippen LogP contribution is 2.23. The van der Waals surface area contributed by atoms with Gasteiger partial charge in [0.1, 0.15) is 6.04 Å². The minimum atomic E-state index is -0.957. The molecule has 2 atom stereocenters. The number of amides is 1. The van der Waals surface area contributed by atoms with Gasteiger partial charge in [0.25, 0.3) is 0 Å². The van der Waals surface area contributed by atoms with Crippen molar-refractivity contribution in [3.05, 3.63) is 0 Å². The molecule has 5 nitrogen and oxygen atoms in total. The van der Waals surface area contributed by atoms with Gasteiger partial charge in [-0.2, -0.15) is 0 Å². The molecule has 1 rings (SSSR count). The van der Waals surface area contributed by atoms with E-state index in [9.17, 15) is 9.59 Å². The maximum absolute atomic E-state index is 12.1. The Balaban J connectivity index is 2.52. The third-order valence-corrected chi connectivity index (χ3v) is 3.71. The molecule has 0 aliphatic carbocycles. The summed E-state index contributed by atoms with van der Waals surface area (Å²) in [5.41, 5.74) is 0. The standard InChI is InChI=1S/C14H25NO4/c1-9(2)8-12(14(17)18)15-13(16)10(3)11-4-6-19-7-5-11/h9-12H,4-8H2,1-3H3,(H,15,16)(H,17,18)/t10?,12-/m0/s1. The molecule has 19 heavy (non-hydrogen) atoms. The second-order valence-corrected chi connectivity index (χ2v) is 5.77. The molecule has 1 heterocycles. The first-order valence-electron chi connectivity index (χ1n) is 7.02. The number of nitrogens with one attached hydrogen (secondary N) is 1. The molecule has 2 N–H and O–H groups in total. The molecule has 0 aromatic rings. The van der Waals surface area contributed by atoms with Crippen molar-refractivity contribution in [2.75, 3.05) is 13.2 Å². The van der Waals surface area contributed by atoms with E-state index < -0.39 is 12.0 Å². The van der Waals surface area contributed by atoms with Gasteiger partial charge in [-0.3, -0.25) is 4.79 Å². The van der Waals surface area contributed by atoms with E-state index in [0.717, 1.165) is 12.8 Å². The van der Waals surface area contributed by atoms with E-state index in [1.165, 1.54) is 0 Å². The molecule has 110 valence electrons. The predicted molar refractivity (Wildman–Crippen MR) is 71.7 cm³/mol. The third-order valence-electron chi connectivity index (χ3n) is 3.71.